The Morgan fingerprint density at radius 2 is 1.29 bits per heavy atom. The average molecular weight is 448 g/mol. The van der Waals surface area contributed by atoms with E-state index >= 15 is 0 Å². The zero-order valence-electron chi connectivity index (χ0n) is 19.6. The maximum atomic E-state index is 13.3. The molecule has 0 saturated carbocycles. The molecule has 0 unspecified atom stereocenters. The minimum absolute atomic E-state index is 0.0142. The highest BCUT2D eigenvalue weighted by Gasteiger charge is 2.48. The lowest BCUT2D eigenvalue weighted by molar-refractivity contribution is 0.0792. The van der Waals surface area contributed by atoms with E-state index in [2.05, 4.69) is 103 Å². The van der Waals surface area contributed by atoms with Crippen LogP contribution in [-0.4, -0.2) is 40.9 Å². The predicted molar refractivity (Wildman–Crippen MR) is 135 cm³/mol. The van der Waals surface area contributed by atoms with Crippen molar-refractivity contribution < 1.29 is 4.79 Å². The van der Waals surface area contributed by atoms with Crippen molar-refractivity contribution in [3.63, 3.8) is 0 Å². The quantitative estimate of drug-likeness (QED) is 0.514. The number of nitrogens with zero attached hydrogens (tertiary/aromatic N) is 3. The molecule has 0 spiro atoms. The number of amides is 1. The van der Waals surface area contributed by atoms with Crippen LogP contribution in [-0.2, 0) is 0 Å². The van der Waals surface area contributed by atoms with Crippen molar-refractivity contribution in [2.45, 2.75) is 30.7 Å². The predicted octanol–water partition coefficient (Wildman–Crippen LogP) is 5.71. The van der Waals surface area contributed by atoms with Gasteiger partial charge in [0.05, 0.1) is 24.3 Å². The zero-order valence-corrected chi connectivity index (χ0v) is 19.6. The van der Waals surface area contributed by atoms with Gasteiger partial charge in [-0.25, -0.2) is 0 Å². The lowest BCUT2D eigenvalue weighted by Gasteiger charge is -2.37. The molecule has 0 radical (unpaired) electrons. The van der Waals surface area contributed by atoms with Crippen LogP contribution in [0.1, 0.15) is 51.6 Å². The molecule has 3 heterocycles. The van der Waals surface area contributed by atoms with E-state index in [4.69, 9.17) is 0 Å². The Hall–Kier alpha value is -3.47. The molecule has 1 saturated heterocycles. The van der Waals surface area contributed by atoms with Crippen molar-refractivity contribution in [1.29, 1.82) is 0 Å². The van der Waals surface area contributed by atoms with Crippen molar-refractivity contribution in [2.75, 3.05) is 14.1 Å². The van der Waals surface area contributed by atoms with Gasteiger partial charge in [0.1, 0.15) is 0 Å². The maximum absolute atomic E-state index is 13.3. The van der Waals surface area contributed by atoms with Crippen molar-refractivity contribution in [2.24, 2.45) is 0 Å². The number of carbonyl (C=O) groups is 1. The Labute approximate surface area is 201 Å². The second-order valence-electron chi connectivity index (χ2n) is 9.62. The minimum Gasteiger partial charge on any atom is -0.307 e. The lowest BCUT2D eigenvalue weighted by Crippen LogP contribution is -2.40. The smallest absolute Gasteiger partial charge is 0.258 e. The highest BCUT2D eigenvalue weighted by Crippen LogP contribution is 2.50. The largest absolute Gasteiger partial charge is 0.307 e. The molecular formula is C30H29N3O. The summed E-state index contributed by atoms with van der Waals surface area (Å²) in [7, 11) is 4.39. The number of hydrogen-bond acceptors (Lipinski definition) is 3. The summed E-state index contributed by atoms with van der Waals surface area (Å²) in [5.74, 6) is 0.0909. The van der Waals surface area contributed by atoms with Crippen molar-refractivity contribution >= 4 is 5.91 Å². The number of likely N-dealkylation sites (N-methyl/N-ethyl adjacent to an activating group) is 2. The fourth-order valence-electron chi connectivity index (χ4n) is 6.22. The molecule has 4 nitrogen and oxygen atoms in total. The van der Waals surface area contributed by atoms with Gasteiger partial charge in [0.15, 0.2) is 0 Å². The van der Waals surface area contributed by atoms with Gasteiger partial charge < -0.3 is 4.90 Å². The van der Waals surface area contributed by atoms with Crippen LogP contribution in [0.15, 0.2) is 109 Å². The second kappa shape index (κ2) is 8.08. The normalized spacial score (nSPS) is 25.4. The van der Waals surface area contributed by atoms with Crippen LogP contribution in [0.2, 0.25) is 0 Å². The van der Waals surface area contributed by atoms with Crippen LogP contribution in [0.4, 0.5) is 0 Å². The number of fused-ring (bicyclic) bond motifs is 3. The Bertz CT molecular complexity index is 1230. The SMILES string of the molecule is C=C1C[C@H]2c3ccccc3C(=O)N2C=C1C1N(C)[C@@H](c2ccccc2)[C@H](c2ccccc2)N1C. The summed E-state index contributed by atoms with van der Waals surface area (Å²) in [4.78, 5) is 20.1. The molecule has 4 heteroatoms. The molecule has 1 fully saturated rings. The standard InChI is InChI=1S/C30H29N3O/c1-20-18-26-23-16-10-11-17-24(23)30(34)33(26)19-25(20)29-31(2)27(21-12-6-4-7-13-21)28(32(29)3)22-14-8-5-9-15-22/h4-17,19,26-29H,1,18H2,2-3H3/t26-,27-,28-/m0/s1. The third kappa shape index (κ3) is 3.10. The molecular weight excluding hydrogens is 418 g/mol. The van der Waals surface area contributed by atoms with Crippen LogP contribution in [0.25, 0.3) is 0 Å². The van der Waals surface area contributed by atoms with Crippen molar-refractivity contribution in [3.05, 3.63) is 131 Å². The summed E-state index contributed by atoms with van der Waals surface area (Å²) in [6.45, 7) is 4.50. The van der Waals surface area contributed by atoms with Gasteiger partial charge in [-0.15, -0.1) is 0 Å². The molecule has 6 rings (SSSR count). The first-order chi connectivity index (χ1) is 16.6. The fraction of sp³-hybridized carbons (Fsp3) is 0.233. The van der Waals surface area contributed by atoms with E-state index in [-0.39, 0.29) is 30.2 Å². The second-order valence-corrected chi connectivity index (χ2v) is 9.62. The van der Waals surface area contributed by atoms with Crippen LogP contribution >= 0.6 is 0 Å². The van der Waals surface area contributed by atoms with Crippen molar-refractivity contribution in [1.82, 2.24) is 14.7 Å². The molecule has 170 valence electrons. The maximum Gasteiger partial charge on any atom is 0.258 e. The summed E-state index contributed by atoms with van der Waals surface area (Å²) in [5.41, 5.74) is 6.74. The van der Waals surface area contributed by atoms with Gasteiger partial charge in [0.25, 0.3) is 5.91 Å². The summed E-state index contributed by atoms with van der Waals surface area (Å²) in [5, 5.41) is 0. The zero-order chi connectivity index (χ0) is 23.4. The van der Waals surface area contributed by atoms with Crippen LogP contribution in [0.5, 0.6) is 0 Å². The van der Waals surface area contributed by atoms with Gasteiger partial charge in [0.2, 0.25) is 0 Å². The third-order valence-corrected chi connectivity index (χ3v) is 7.76. The molecule has 34 heavy (non-hydrogen) atoms. The molecule has 1 amide bonds. The number of carbonyl (C=O) groups excluding carboxylic acids is 1. The first-order valence-corrected chi connectivity index (χ1v) is 11.9. The Balaban J connectivity index is 1.43. The van der Waals surface area contributed by atoms with Gasteiger partial charge in [-0.2, -0.15) is 0 Å². The van der Waals surface area contributed by atoms with E-state index in [0.29, 0.717) is 0 Å². The summed E-state index contributed by atoms with van der Waals surface area (Å²) < 4.78 is 0. The van der Waals surface area contributed by atoms with E-state index in [9.17, 15) is 4.79 Å². The Kier molecular flexibility index (Phi) is 5.01. The molecule has 3 atom stereocenters. The molecule has 0 N–H and O–H groups in total. The highest BCUT2D eigenvalue weighted by molar-refractivity contribution is 6.00. The molecule has 3 aliphatic heterocycles. The van der Waals surface area contributed by atoms with Crippen LogP contribution in [0.3, 0.4) is 0 Å². The van der Waals surface area contributed by atoms with E-state index in [0.717, 1.165) is 28.7 Å². The van der Waals surface area contributed by atoms with E-state index in [1.54, 1.807) is 0 Å². The molecule has 3 aliphatic rings. The fourth-order valence-corrected chi connectivity index (χ4v) is 6.22. The molecule has 0 bridgehead atoms. The van der Waals surface area contributed by atoms with Gasteiger partial charge in [-0.1, -0.05) is 85.4 Å². The van der Waals surface area contributed by atoms with Gasteiger partial charge in [-0.3, -0.25) is 14.6 Å². The molecule has 3 aromatic rings. The molecule has 3 aromatic carbocycles. The van der Waals surface area contributed by atoms with E-state index < -0.39 is 0 Å². The Morgan fingerprint density at radius 1 is 0.765 bits per heavy atom. The average Bonchev–Trinajstić information content (AvgIpc) is 3.29. The van der Waals surface area contributed by atoms with E-state index in [1.165, 1.54) is 11.1 Å². The monoisotopic (exact) mass is 447 g/mol. The van der Waals surface area contributed by atoms with E-state index in [1.807, 2.05) is 23.1 Å². The third-order valence-electron chi connectivity index (χ3n) is 7.76. The van der Waals surface area contributed by atoms with Crippen molar-refractivity contribution in [3.8, 4) is 0 Å². The summed E-state index contributed by atoms with van der Waals surface area (Å²) in [6.07, 6.45) is 2.85. The summed E-state index contributed by atoms with van der Waals surface area (Å²) in [6, 6.07) is 29.8. The highest BCUT2D eigenvalue weighted by atomic mass is 16.2. The van der Waals surface area contributed by atoms with Gasteiger partial charge in [0, 0.05) is 17.3 Å². The summed E-state index contributed by atoms with van der Waals surface area (Å²) >= 11 is 0. The number of rotatable bonds is 3. The topological polar surface area (TPSA) is 26.8 Å². The first kappa shape index (κ1) is 21.1. The van der Waals surface area contributed by atoms with Crippen LogP contribution in [0, 0.1) is 0 Å². The van der Waals surface area contributed by atoms with Gasteiger partial charge >= 0.3 is 0 Å². The lowest BCUT2D eigenvalue weighted by atomic mass is 9.91. The van der Waals surface area contributed by atoms with Gasteiger partial charge in [-0.05, 0) is 48.8 Å². The molecule has 0 aromatic heterocycles. The number of hydrogen-bond donors (Lipinski definition) is 0. The first-order valence-electron chi connectivity index (χ1n) is 11.9. The molecule has 0 aliphatic carbocycles. The van der Waals surface area contributed by atoms with Crippen LogP contribution < -0.4 is 0 Å². The minimum atomic E-state index is 0.0142. The number of benzene rings is 3. The Morgan fingerprint density at radius 3 is 1.88 bits per heavy atom.